The minimum Gasteiger partial charge on any atom is -0.480 e. The number of nitrogens with two attached hydrogens (primary N) is 1. The highest BCUT2D eigenvalue weighted by Crippen LogP contribution is 2.10. The zero-order valence-electron chi connectivity index (χ0n) is 7.50. The van der Waals surface area contributed by atoms with Crippen LogP contribution in [-0.4, -0.2) is 41.0 Å². The number of likely N-dealkylation sites (N-methyl/N-ethyl adjacent to an activating group) is 1. The molecule has 3 N–H and O–H groups in total. The van der Waals surface area contributed by atoms with Gasteiger partial charge in [0, 0.05) is 0 Å². The first-order chi connectivity index (χ1) is 5.28. The predicted octanol–water partition coefficient (Wildman–Crippen LogP) is -0.733. The summed E-state index contributed by atoms with van der Waals surface area (Å²) >= 11 is 0. The molecule has 0 saturated carbocycles. The fraction of sp³-hybridized carbons (Fsp3) is 0.714. The molecule has 12 heavy (non-hydrogen) atoms. The molecule has 70 valence electrons. The maximum Gasteiger partial charge on any atom is 0.323 e. The van der Waals surface area contributed by atoms with Crippen molar-refractivity contribution in [3.63, 3.8) is 0 Å². The second-order valence-electron chi connectivity index (χ2n) is 3.19. The number of aliphatic carboxylic acids is 1. The highest BCUT2D eigenvalue weighted by molar-refractivity contribution is 5.80. The summed E-state index contributed by atoms with van der Waals surface area (Å²) in [6, 6.07) is 0. The Morgan fingerprint density at radius 1 is 1.50 bits per heavy atom. The van der Waals surface area contributed by atoms with Gasteiger partial charge in [0.15, 0.2) is 0 Å². The van der Waals surface area contributed by atoms with Crippen molar-refractivity contribution in [1.82, 2.24) is 4.90 Å². The van der Waals surface area contributed by atoms with E-state index in [2.05, 4.69) is 0 Å². The lowest BCUT2D eigenvalue weighted by Crippen LogP contribution is -2.50. The van der Waals surface area contributed by atoms with E-state index in [0.717, 1.165) is 0 Å². The number of nitrogens with zero attached hydrogens (tertiary/aromatic N) is 1. The van der Waals surface area contributed by atoms with Crippen molar-refractivity contribution in [2.75, 3.05) is 13.6 Å². The van der Waals surface area contributed by atoms with Crippen LogP contribution in [0.4, 0.5) is 0 Å². The third-order valence-corrected chi connectivity index (χ3v) is 1.87. The number of rotatable bonds is 4. The van der Waals surface area contributed by atoms with Crippen molar-refractivity contribution in [2.45, 2.75) is 19.4 Å². The summed E-state index contributed by atoms with van der Waals surface area (Å²) in [6.07, 6.45) is 0. The Labute approximate surface area is 71.1 Å². The van der Waals surface area contributed by atoms with E-state index in [0.29, 0.717) is 0 Å². The molecule has 0 saturated heterocycles. The van der Waals surface area contributed by atoms with Crippen molar-refractivity contribution >= 4 is 11.9 Å². The lowest BCUT2D eigenvalue weighted by Gasteiger charge is -2.30. The minimum absolute atomic E-state index is 0.0563. The molecule has 5 heteroatoms. The summed E-state index contributed by atoms with van der Waals surface area (Å²) in [5.41, 5.74) is 3.86. The third kappa shape index (κ3) is 2.50. The fourth-order valence-corrected chi connectivity index (χ4v) is 0.595. The van der Waals surface area contributed by atoms with Crippen LogP contribution < -0.4 is 5.73 Å². The highest BCUT2D eigenvalue weighted by Gasteiger charge is 2.32. The maximum absolute atomic E-state index is 10.7. The molecular formula is C7H14N2O3. The average Bonchev–Trinajstić information content (AvgIpc) is 1.85. The van der Waals surface area contributed by atoms with Crippen LogP contribution in [0.15, 0.2) is 0 Å². The summed E-state index contributed by atoms with van der Waals surface area (Å²) in [5.74, 6) is -1.52. The van der Waals surface area contributed by atoms with Crippen LogP contribution in [0.25, 0.3) is 0 Å². The molecular weight excluding hydrogens is 160 g/mol. The zero-order valence-corrected chi connectivity index (χ0v) is 7.50. The van der Waals surface area contributed by atoms with E-state index in [1.54, 1.807) is 7.05 Å². The topological polar surface area (TPSA) is 83.6 Å². The molecule has 0 rings (SSSR count). The monoisotopic (exact) mass is 174 g/mol. The normalized spacial score (nSPS) is 11.7. The Hall–Kier alpha value is -1.10. The second kappa shape index (κ2) is 3.53. The van der Waals surface area contributed by atoms with E-state index in [9.17, 15) is 9.59 Å². The number of hydrogen-bond donors (Lipinski definition) is 2. The first-order valence-corrected chi connectivity index (χ1v) is 3.51. The van der Waals surface area contributed by atoms with E-state index in [1.807, 2.05) is 0 Å². The molecule has 0 aliphatic carbocycles. The van der Waals surface area contributed by atoms with Crippen molar-refractivity contribution < 1.29 is 14.7 Å². The number of amides is 1. The molecule has 0 radical (unpaired) electrons. The van der Waals surface area contributed by atoms with Gasteiger partial charge in [0.2, 0.25) is 5.91 Å². The SMILES string of the molecule is CN(CC(N)=O)C(C)(C)C(=O)O. The predicted molar refractivity (Wildman–Crippen MR) is 43.5 cm³/mol. The van der Waals surface area contributed by atoms with Crippen molar-refractivity contribution in [2.24, 2.45) is 5.73 Å². The van der Waals surface area contributed by atoms with Crippen molar-refractivity contribution in [3.8, 4) is 0 Å². The fourth-order valence-electron chi connectivity index (χ4n) is 0.595. The lowest BCUT2D eigenvalue weighted by molar-refractivity contribution is -0.148. The van der Waals surface area contributed by atoms with Crippen LogP contribution in [0, 0.1) is 0 Å². The van der Waals surface area contributed by atoms with Crippen LogP contribution in [-0.2, 0) is 9.59 Å². The van der Waals surface area contributed by atoms with E-state index in [-0.39, 0.29) is 6.54 Å². The lowest BCUT2D eigenvalue weighted by atomic mass is 10.0. The average molecular weight is 174 g/mol. The van der Waals surface area contributed by atoms with E-state index < -0.39 is 17.4 Å². The first-order valence-electron chi connectivity index (χ1n) is 3.51. The summed E-state index contributed by atoms with van der Waals surface area (Å²) < 4.78 is 0. The smallest absolute Gasteiger partial charge is 0.323 e. The van der Waals surface area contributed by atoms with Gasteiger partial charge in [0.1, 0.15) is 5.54 Å². The van der Waals surface area contributed by atoms with Gasteiger partial charge in [-0.3, -0.25) is 14.5 Å². The van der Waals surface area contributed by atoms with Gasteiger partial charge >= 0.3 is 5.97 Å². The van der Waals surface area contributed by atoms with E-state index in [4.69, 9.17) is 10.8 Å². The Bertz CT molecular complexity index is 201. The summed E-state index contributed by atoms with van der Waals surface area (Å²) in [5, 5.41) is 8.73. The quantitative estimate of drug-likeness (QED) is 0.588. The number of carboxylic acids is 1. The van der Waals surface area contributed by atoms with Crippen molar-refractivity contribution in [1.29, 1.82) is 0 Å². The molecule has 0 aliphatic heterocycles. The van der Waals surface area contributed by atoms with Gasteiger partial charge < -0.3 is 10.8 Å². The van der Waals surface area contributed by atoms with Crippen molar-refractivity contribution in [3.05, 3.63) is 0 Å². The Kier molecular flexibility index (Phi) is 3.21. The van der Waals surface area contributed by atoms with Crippen LogP contribution >= 0.6 is 0 Å². The molecule has 0 unspecified atom stereocenters. The third-order valence-electron chi connectivity index (χ3n) is 1.87. The number of carboxylic acid groups (broad SMARTS) is 1. The Morgan fingerprint density at radius 2 is 1.92 bits per heavy atom. The molecule has 0 aromatic rings. The number of primary amides is 1. The van der Waals surface area contributed by atoms with Gasteiger partial charge in [-0.2, -0.15) is 0 Å². The molecule has 0 spiro atoms. The standard InChI is InChI=1S/C7H14N2O3/c1-7(2,6(11)12)9(3)4-5(8)10/h4H2,1-3H3,(H2,8,10)(H,11,12). The van der Waals surface area contributed by atoms with Gasteiger partial charge in [-0.25, -0.2) is 0 Å². The number of carbonyl (C=O) groups is 2. The van der Waals surface area contributed by atoms with Crippen LogP contribution in [0.3, 0.4) is 0 Å². The second-order valence-corrected chi connectivity index (χ2v) is 3.19. The summed E-state index contributed by atoms with van der Waals surface area (Å²) in [6.45, 7) is 2.97. The molecule has 0 atom stereocenters. The highest BCUT2D eigenvalue weighted by atomic mass is 16.4. The van der Waals surface area contributed by atoms with Crippen LogP contribution in [0.1, 0.15) is 13.8 Å². The maximum atomic E-state index is 10.7. The zero-order chi connectivity index (χ0) is 9.94. The molecule has 0 fully saturated rings. The molecule has 0 bridgehead atoms. The van der Waals surface area contributed by atoms with Gasteiger partial charge in [-0.1, -0.05) is 0 Å². The molecule has 5 nitrogen and oxygen atoms in total. The largest absolute Gasteiger partial charge is 0.480 e. The Morgan fingerprint density at radius 3 is 2.17 bits per heavy atom. The molecule has 1 amide bonds. The number of carbonyl (C=O) groups excluding carboxylic acids is 1. The molecule has 0 heterocycles. The van der Waals surface area contributed by atoms with Crippen LogP contribution in [0.5, 0.6) is 0 Å². The molecule has 0 aliphatic rings. The van der Waals surface area contributed by atoms with Gasteiger partial charge in [-0.15, -0.1) is 0 Å². The minimum atomic E-state index is -1.06. The number of hydrogen-bond acceptors (Lipinski definition) is 3. The van der Waals surface area contributed by atoms with Crippen LogP contribution in [0.2, 0.25) is 0 Å². The van der Waals surface area contributed by atoms with Gasteiger partial charge in [0.25, 0.3) is 0 Å². The first kappa shape index (κ1) is 10.9. The molecule has 0 aromatic heterocycles. The molecule has 0 aromatic carbocycles. The van der Waals surface area contributed by atoms with E-state index >= 15 is 0 Å². The van der Waals surface area contributed by atoms with Gasteiger partial charge in [-0.05, 0) is 20.9 Å². The van der Waals surface area contributed by atoms with E-state index in [1.165, 1.54) is 18.7 Å². The van der Waals surface area contributed by atoms with Gasteiger partial charge in [0.05, 0.1) is 6.54 Å². The summed E-state index contributed by atoms with van der Waals surface area (Å²) in [4.78, 5) is 22.5. The summed E-state index contributed by atoms with van der Waals surface area (Å²) in [7, 11) is 1.54. The Balaban J connectivity index is 4.35.